The number of rotatable bonds is 17. The summed E-state index contributed by atoms with van der Waals surface area (Å²) in [4.78, 5) is 60.6. The van der Waals surface area contributed by atoms with Crippen molar-refractivity contribution in [3.05, 3.63) is 346 Å². The van der Waals surface area contributed by atoms with Gasteiger partial charge in [0.1, 0.15) is 0 Å². The van der Waals surface area contributed by atoms with Crippen LogP contribution in [0.1, 0.15) is 128 Å². The van der Waals surface area contributed by atoms with Crippen molar-refractivity contribution >= 4 is 221 Å². The number of esters is 3. The standard InChI is InChI=1S/2C23H22BrClO3.3C20H16BrClO3/c2*1-13-18(21(22(26)27)28-23(2,3)4)19(14-9-11-15(25)12-10-14)16-7-5-6-8-17(16)20(13)24;3*1-11-16(19(23)20(24)25-2)17(12-7-9-13(22)10-8-12)14-5-3-4-6-15(14)18(11)21/h2*5-12,21H,1-4H3,(H,26,27);3*3-10,19,23H,1-2H3/t2*21-;2*19-;/m1010./s1. The monoisotopic (exact) mass is 2170 g/mol. The highest BCUT2D eigenvalue weighted by molar-refractivity contribution is 9.11. The van der Waals surface area contributed by atoms with E-state index >= 15 is 0 Å². The number of hydrogen-bond acceptors (Lipinski definition) is 13. The van der Waals surface area contributed by atoms with Gasteiger partial charge in [-0.05, 0) is 354 Å². The number of methoxy groups -OCH3 is 3. The van der Waals surface area contributed by atoms with E-state index in [1.165, 1.54) is 21.3 Å². The second-order valence-electron chi connectivity index (χ2n) is 32.6. The first kappa shape index (κ1) is 102. The quantitative estimate of drug-likeness (QED) is 0.0421. The summed E-state index contributed by atoms with van der Waals surface area (Å²) in [6, 6.07) is 76.4. The number of fused-ring (bicyclic) bond motifs is 5. The maximum absolute atomic E-state index is 12.3. The SMILES string of the molecule is COC(=O)C(O)c1c(C)c(Br)c2ccccc2c1-c1ccc(Cl)cc1.COC(=O)[C@@H](O)c1c(C)c(Br)c2ccccc2c1-c1ccc(Cl)cc1.COC(=O)[C@H](O)c1c(C)c(Br)c2ccccc2c1-c1ccc(Cl)cc1.Cc1c([C@@H](OC(C)(C)C)C(=O)O)c(-c2ccc(Cl)cc2)c2ccccc2c1Br.Cc1c([C@H](OC(C)(C)C)C(=O)O)c(-c2ccc(Cl)cc2)c2ccccc2c1Br. The van der Waals surface area contributed by atoms with Crippen molar-refractivity contribution in [1.29, 1.82) is 0 Å². The predicted octanol–water partition coefficient (Wildman–Crippen LogP) is 30.7. The Kier molecular flexibility index (Phi) is 34.4. The first-order chi connectivity index (χ1) is 62.1. The Morgan fingerprint density at radius 3 is 0.573 bits per heavy atom. The van der Waals surface area contributed by atoms with Gasteiger partial charge in [-0.15, -0.1) is 0 Å². The minimum atomic E-state index is -1.38. The molecule has 0 heterocycles. The zero-order chi connectivity index (χ0) is 95.7. The molecule has 25 heteroatoms. The number of ether oxygens (including phenoxy) is 5. The zero-order valence-corrected chi connectivity index (χ0v) is 85.3. The number of aliphatic hydroxyl groups is 3. The second-order valence-corrected chi connectivity index (χ2v) is 38.7. The molecule has 15 rings (SSSR count). The Bertz CT molecular complexity index is 6280. The van der Waals surface area contributed by atoms with Crippen molar-refractivity contribution in [2.24, 2.45) is 0 Å². The molecule has 0 fully saturated rings. The Morgan fingerprint density at radius 2 is 0.420 bits per heavy atom. The van der Waals surface area contributed by atoms with E-state index in [1.807, 2.05) is 282 Å². The van der Waals surface area contributed by atoms with Crippen molar-refractivity contribution in [3.8, 4) is 55.6 Å². The summed E-state index contributed by atoms with van der Waals surface area (Å²) >= 11 is 48.4. The summed E-state index contributed by atoms with van der Waals surface area (Å²) in [6.45, 7) is 20.6. The molecular formula is C106H92Br5Cl5O15. The zero-order valence-electron chi connectivity index (χ0n) is 73.6. The summed E-state index contributed by atoms with van der Waals surface area (Å²) in [5.41, 5.74) is 14.2. The molecule has 0 aliphatic carbocycles. The van der Waals surface area contributed by atoms with Crippen LogP contribution in [0, 0.1) is 34.6 Å². The van der Waals surface area contributed by atoms with Gasteiger partial charge in [-0.3, -0.25) is 0 Å². The van der Waals surface area contributed by atoms with Crippen LogP contribution in [-0.4, -0.2) is 87.9 Å². The molecule has 131 heavy (non-hydrogen) atoms. The number of aliphatic hydroxyl groups excluding tert-OH is 3. The smallest absolute Gasteiger partial charge is 0.339 e. The van der Waals surface area contributed by atoms with Crippen LogP contribution in [0.15, 0.2) is 265 Å². The van der Waals surface area contributed by atoms with Gasteiger partial charge in [-0.25, -0.2) is 24.0 Å². The molecule has 15 aromatic carbocycles. The van der Waals surface area contributed by atoms with E-state index in [1.54, 1.807) is 36.4 Å². The van der Waals surface area contributed by atoms with Gasteiger partial charge in [-0.2, -0.15) is 0 Å². The van der Waals surface area contributed by atoms with Crippen molar-refractivity contribution < 1.29 is 73.2 Å². The second kappa shape index (κ2) is 44.2. The molecule has 0 saturated carbocycles. The van der Waals surface area contributed by atoms with Gasteiger partial charge in [0.05, 0.1) is 32.5 Å². The van der Waals surface area contributed by atoms with E-state index in [4.69, 9.17) is 81.7 Å². The number of carbonyl (C=O) groups excluding carboxylic acids is 3. The fourth-order valence-corrected chi connectivity index (χ4v) is 19.3. The molecule has 0 saturated heterocycles. The number of halogens is 10. The average Bonchev–Trinajstić information content (AvgIpc) is 0.768. The lowest BCUT2D eigenvalue weighted by Gasteiger charge is -2.29. The summed E-state index contributed by atoms with van der Waals surface area (Å²) in [6.07, 6.45) is -6.34. The molecule has 5 N–H and O–H groups in total. The Morgan fingerprint density at radius 1 is 0.267 bits per heavy atom. The lowest BCUT2D eigenvalue weighted by atomic mass is 9.87. The maximum atomic E-state index is 12.3. The van der Waals surface area contributed by atoms with Crippen LogP contribution in [0.25, 0.3) is 109 Å². The number of aliphatic carboxylic acids is 2. The van der Waals surface area contributed by atoms with Gasteiger partial charge in [0.2, 0.25) is 0 Å². The van der Waals surface area contributed by atoms with E-state index in [9.17, 15) is 49.5 Å². The Hall–Kier alpha value is -9.40. The highest BCUT2D eigenvalue weighted by atomic mass is 79.9. The fourth-order valence-electron chi connectivity index (χ4n) is 15.9. The minimum absolute atomic E-state index is 0.528. The molecule has 15 aromatic rings. The normalized spacial score (nSPS) is 12.5. The predicted molar refractivity (Wildman–Crippen MR) is 548 cm³/mol. The molecule has 0 aliphatic heterocycles. The number of hydrogen-bond donors (Lipinski definition) is 5. The van der Waals surface area contributed by atoms with Crippen molar-refractivity contribution in [2.45, 2.75) is 118 Å². The van der Waals surface area contributed by atoms with Crippen LogP contribution in [0.4, 0.5) is 0 Å². The topological polar surface area (TPSA) is 233 Å². The molecule has 0 aliphatic rings. The van der Waals surface area contributed by atoms with Crippen LogP contribution >= 0.6 is 138 Å². The molecule has 0 bridgehead atoms. The van der Waals surface area contributed by atoms with Crippen LogP contribution in [-0.2, 0) is 47.7 Å². The Balaban J connectivity index is 0.000000158. The maximum Gasteiger partial charge on any atom is 0.339 e. The number of carboxylic acid groups (broad SMARTS) is 2. The van der Waals surface area contributed by atoms with E-state index in [0.29, 0.717) is 52.9 Å². The molecular weight excluding hydrogens is 2090 g/mol. The third kappa shape index (κ3) is 23.0. The van der Waals surface area contributed by atoms with Gasteiger partial charge in [-0.1, -0.05) is 240 Å². The van der Waals surface area contributed by atoms with Crippen LogP contribution in [0.3, 0.4) is 0 Å². The average molecular weight is 2180 g/mol. The lowest BCUT2D eigenvalue weighted by molar-refractivity contribution is -0.161. The molecule has 0 spiro atoms. The number of benzene rings is 15. The van der Waals surface area contributed by atoms with Gasteiger partial charge >= 0.3 is 29.8 Å². The van der Waals surface area contributed by atoms with Crippen molar-refractivity contribution in [3.63, 3.8) is 0 Å². The number of carbonyl (C=O) groups is 5. The molecule has 15 nitrogen and oxygen atoms in total. The molecule has 0 radical (unpaired) electrons. The first-order valence-electron chi connectivity index (χ1n) is 41.0. The van der Waals surface area contributed by atoms with E-state index in [-0.39, 0.29) is 0 Å². The van der Waals surface area contributed by atoms with E-state index in [0.717, 1.165) is 160 Å². The molecule has 0 aromatic heterocycles. The first-order valence-corrected chi connectivity index (χ1v) is 46.8. The highest BCUT2D eigenvalue weighted by Gasteiger charge is 2.37. The van der Waals surface area contributed by atoms with Crippen molar-refractivity contribution in [2.75, 3.05) is 21.3 Å². The van der Waals surface area contributed by atoms with Crippen molar-refractivity contribution in [1.82, 2.24) is 0 Å². The summed E-state index contributed by atoms with van der Waals surface area (Å²) < 4.78 is 30.6. The third-order valence-corrected chi connectivity index (χ3v) is 28.2. The van der Waals surface area contributed by atoms with Gasteiger partial charge in [0, 0.05) is 75.3 Å². The van der Waals surface area contributed by atoms with E-state index < -0.39 is 71.6 Å². The van der Waals surface area contributed by atoms with E-state index in [2.05, 4.69) is 79.6 Å². The Labute approximate surface area is 827 Å². The molecule has 0 amide bonds. The van der Waals surface area contributed by atoms with Gasteiger partial charge < -0.3 is 49.2 Å². The van der Waals surface area contributed by atoms with Crippen LogP contribution in [0.5, 0.6) is 0 Å². The van der Waals surface area contributed by atoms with Gasteiger partial charge in [0.15, 0.2) is 30.5 Å². The largest absolute Gasteiger partial charge is 0.479 e. The minimum Gasteiger partial charge on any atom is -0.479 e. The summed E-state index contributed by atoms with van der Waals surface area (Å²) in [5.74, 6) is -4.12. The lowest BCUT2D eigenvalue weighted by Crippen LogP contribution is -2.28. The van der Waals surface area contributed by atoms with Gasteiger partial charge in [0.25, 0.3) is 0 Å². The highest BCUT2D eigenvalue weighted by Crippen LogP contribution is 2.51. The number of carboxylic acids is 2. The molecule has 676 valence electrons. The molecule has 5 atom stereocenters. The van der Waals surface area contributed by atoms with Crippen LogP contribution < -0.4 is 0 Å². The summed E-state index contributed by atoms with van der Waals surface area (Å²) in [7, 11) is 3.79. The van der Waals surface area contributed by atoms with Crippen LogP contribution in [0.2, 0.25) is 25.1 Å². The molecule has 1 unspecified atom stereocenters. The third-order valence-electron chi connectivity index (χ3n) is 21.9. The fraction of sp³-hybridized carbons (Fsp3) is 0.198. The summed E-state index contributed by atoms with van der Waals surface area (Å²) in [5, 5.41) is 64.8.